The molecule has 0 aliphatic carbocycles. The summed E-state index contributed by atoms with van der Waals surface area (Å²) in [4.78, 5) is 26.8. The van der Waals surface area contributed by atoms with Crippen molar-refractivity contribution in [2.45, 2.75) is 45.0 Å². The van der Waals surface area contributed by atoms with Crippen molar-refractivity contribution in [2.24, 2.45) is 0 Å². The number of ether oxygens (including phenoxy) is 2. The van der Waals surface area contributed by atoms with Gasteiger partial charge in [0.25, 0.3) is 5.91 Å². The van der Waals surface area contributed by atoms with Crippen LogP contribution in [0.25, 0.3) is 11.1 Å². The van der Waals surface area contributed by atoms with Gasteiger partial charge in [-0.25, -0.2) is 4.79 Å². The first-order valence-electron chi connectivity index (χ1n) is 10.5. The number of hydrogen-bond acceptors (Lipinski definition) is 4. The van der Waals surface area contributed by atoms with Crippen LogP contribution in [0.15, 0.2) is 42.5 Å². The van der Waals surface area contributed by atoms with E-state index in [1.165, 1.54) is 19.2 Å². The van der Waals surface area contributed by atoms with Gasteiger partial charge in [0.15, 0.2) is 0 Å². The normalized spacial score (nSPS) is 16.5. The number of benzene rings is 2. The molecule has 0 saturated carbocycles. The van der Waals surface area contributed by atoms with Crippen molar-refractivity contribution < 1.29 is 33.7 Å². The Hall–Kier alpha value is -3.23. The van der Waals surface area contributed by atoms with Gasteiger partial charge in [-0.15, -0.1) is 0 Å². The van der Waals surface area contributed by atoms with Crippen LogP contribution >= 0.6 is 0 Å². The summed E-state index contributed by atoms with van der Waals surface area (Å²) in [5, 5.41) is 2.78. The quantitative estimate of drug-likeness (QED) is 0.658. The summed E-state index contributed by atoms with van der Waals surface area (Å²) in [6.07, 6.45) is -4.38. The monoisotopic (exact) mass is 466 g/mol. The molecule has 0 unspecified atom stereocenters. The van der Waals surface area contributed by atoms with Gasteiger partial charge in [0, 0.05) is 14.5 Å². The molecular formula is C24H29F3N2O4. The lowest BCUT2D eigenvalue weighted by Crippen LogP contribution is -2.41. The molecule has 1 heterocycles. The van der Waals surface area contributed by atoms with Crippen LogP contribution in [0, 0.1) is 0 Å². The fraction of sp³-hybridized carbons (Fsp3) is 0.417. The second kappa shape index (κ2) is 9.33. The lowest BCUT2D eigenvalue weighted by molar-refractivity contribution is -0.137. The van der Waals surface area contributed by atoms with E-state index in [0.29, 0.717) is 42.0 Å². The molecule has 1 N–H and O–H groups in total. The molecule has 1 aliphatic heterocycles. The van der Waals surface area contributed by atoms with Crippen LogP contribution in [0.1, 0.15) is 44.5 Å². The average molecular weight is 467 g/mol. The van der Waals surface area contributed by atoms with Crippen molar-refractivity contribution in [1.82, 2.24) is 10.2 Å². The second-order valence-electron chi connectivity index (χ2n) is 8.87. The molecule has 3 rings (SSSR count). The first-order chi connectivity index (χ1) is 15.4. The van der Waals surface area contributed by atoms with Crippen molar-refractivity contribution in [3.8, 4) is 16.9 Å². The molecular weight excluding hydrogens is 437 g/mol. The number of nitrogens with zero attached hydrogens (tertiary/aromatic N) is 1. The topological polar surface area (TPSA) is 67.9 Å². The lowest BCUT2D eigenvalue weighted by atomic mass is 10.0. The van der Waals surface area contributed by atoms with E-state index < -0.39 is 23.4 Å². The summed E-state index contributed by atoms with van der Waals surface area (Å²) in [6, 6.07) is 9.43. The number of alkyl halides is 3. The number of likely N-dealkylation sites (tertiary alicyclic amines) is 1. The van der Waals surface area contributed by atoms with Crippen LogP contribution in [0.4, 0.5) is 18.0 Å². The molecule has 1 atom stereocenters. The van der Waals surface area contributed by atoms with Crippen LogP contribution in [0.3, 0.4) is 0 Å². The number of hydrogen-bond donors (Lipinski definition) is 1. The van der Waals surface area contributed by atoms with Crippen LogP contribution in [0.2, 0.25) is 0 Å². The SMILES string of the molecule is COc1ccc(-c2ccc(C(F)(F)F)cc2)cc1C(=O)N1CC[C@@H](NC(=O)OC(C)(C)C)C1.[HH]. The van der Waals surface area contributed by atoms with E-state index in [2.05, 4.69) is 5.32 Å². The van der Waals surface area contributed by atoms with Gasteiger partial charge in [0.05, 0.1) is 24.3 Å². The molecule has 2 aromatic carbocycles. The molecule has 0 radical (unpaired) electrons. The Balaban J connectivity index is 0.00000408. The largest absolute Gasteiger partial charge is 0.496 e. The fourth-order valence-corrected chi connectivity index (χ4v) is 3.61. The molecule has 0 spiro atoms. The Morgan fingerprint density at radius 2 is 1.70 bits per heavy atom. The highest BCUT2D eigenvalue weighted by molar-refractivity contribution is 5.98. The smallest absolute Gasteiger partial charge is 0.416 e. The minimum Gasteiger partial charge on any atom is -0.496 e. The molecule has 0 aromatic heterocycles. The Morgan fingerprint density at radius 3 is 2.27 bits per heavy atom. The number of alkyl carbamates (subject to hydrolysis) is 1. The zero-order chi connectivity index (χ0) is 24.4. The molecule has 1 fully saturated rings. The first kappa shape index (κ1) is 24.4. The maximum absolute atomic E-state index is 13.2. The molecule has 1 aliphatic rings. The average Bonchev–Trinajstić information content (AvgIpc) is 3.19. The summed E-state index contributed by atoms with van der Waals surface area (Å²) in [5.74, 6) is 0.0771. The predicted molar refractivity (Wildman–Crippen MR) is 119 cm³/mol. The molecule has 1 saturated heterocycles. The predicted octanol–water partition coefficient (Wildman–Crippen LogP) is 5.37. The minimum atomic E-state index is -4.42. The number of carbonyl (C=O) groups is 2. The zero-order valence-corrected chi connectivity index (χ0v) is 19.0. The molecule has 2 aromatic rings. The highest BCUT2D eigenvalue weighted by Crippen LogP contribution is 2.33. The van der Waals surface area contributed by atoms with E-state index in [0.717, 1.165) is 12.1 Å². The van der Waals surface area contributed by atoms with Crippen LogP contribution in [-0.2, 0) is 10.9 Å². The number of carbonyl (C=O) groups excluding carboxylic acids is 2. The van der Waals surface area contributed by atoms with Crippen LogP contribution in [-0.4, -0.2) is 48.7 Å². The third kappa shape index (κ3) is 6.18. The van der Waals surface area contributed by atoms with Gasteiger partial charge >= 0.3 is 12.3 Å². The molecule has 2 amide bonds. The van der Waals surface area contributed by atoms with Gasteiger partial charge < -0.3 is 19.7 Å². The Labute approximate surface area is 192 Å². The number of halogens is 3. The molecule has 33 heavy (non-hydrogen) atoms. The Morgan fingerprint density at radius 1 is 1.06 bits per heavy atom. The summed E-state index contributed by atoms with van der Waals surface area (Å²) in [5.41, 5.74) is 0.0789. The summed E-state index contributed by atoms with van der Waals surface area (Å²) >= 11 is 0. The van der Waals surface area contributed by atoms with E-state index >= 15 is 0 Å². The van der Waals surface area contributed by atoms with Gasteiger partial charge in [-0.3, -0.25) is 4.79 Å². The maximum Gasteiger partial charge on any atom is 0.416 e. The van der Waals surface area contributed by atoms with Crippen LogP contribution in [0.5, 0.6) is 5.75 Å². The van der Waals surface area contributed by atoms with Gasteiger partial charge in [-0.05, 0) is 62.6 Å². The lowest BCUT2D eigenvalue weighted by Gasteiger charge is -2.22. The van der Waals surface area contributed by atoms with Gasteiger partial charge in [-0.1, -0.05) is 18.2 Å². The third-order valence-electron chi connectivity index (χ3n) is 5.17. The first-order valence-corrected chi connectivity index (χ1v) is 10.5. The number of amides is 2. The number of rotatable bonds is 4. The summed E-state index contributed by atoms with van der Waals surface area (Å²) in [6.45, 7) is 6.06. The van der Waals surface area contributed by atoms with Crippen molar-refractivity contribution in [3.63, 3.8) is 0 Å². The number of methoxy groups -OCH3 is 1. The van der Waals surface area contributed by atoms with Gasteiger partial charge in [0.2, 0.25) is 0 Å². The van der Waals surface area contributed by atoms with Gasteiger partial charge in [0.1, 0.15) is 11.4 Å². The Bertz CT molecular complexity index is 1020. The third-order valence-corrected chi connectivity index (χ3v) is 5.17. The van der Waals surface area contributed by atoms with E-state index in [-0.39, 0.29) is 13.4 Å². The van der Waals surface area contributed by atoms with E-state index in [1.807, 2.05) is 0 Å². The summed E-state index contributed by atoms with van der Waals surface area (Å²) < 4.78 is 49.2. The molecule has 9 heteroatoms. The van der Waals surface area contributed by atoms with Crippen LogP contribution < -0.4 is 10.1 Å². The van der Waals surface area contributed by atoms with Crippen molar-refractivity contribution in [1.29, 1.82) is 0 Å². The van der Waals surface area contributed by atoms with E-state index in [1.54, 1.807) is 43.9 Å². The second-order valence-corrected chi connectivity index (χ2v) is 8.87. The van der Waals surface area contributed by atoms with Crippen molar-refractivity contribution >= 4 is 12.0 Å². The van der Waals surface area contributed by atoms with Crippen molar-refractivity contribution in [3.05, 3.63) is 53.6 Å². The standard InChI is InChI=1S/C24H27F3N2O4.H2/c1-23(2,3)33-22(31)28-18-11-12-29(14-18)21(30)19-13-16(7-10-20(19)32-4)15-5-8-17(9-6-15)24(25,26)27;/h5-10,13,18H,11-12,14H2,1-4H3,(H,28,31);1H/t18-;/m1./s1. The highest BCUT2D eigenvalue weighted by Gasteiger charge is 2.31. The summed E-state index contributed by atoms with van der Waals surface area (Å²) in [7, 11) is 1.45. The minimum absolute atomic E-state index is 0. The molecule has 180 valence electrons. The van der Waals surface area contributed by atoms with E-state index in [9.17, 15) is 22.8 Å². The van der Waals surface area contributed by atoms with E-state index in [4.69, 9.17) is 9.47 Å². The Kier molecular flexibility index (Phi) is 6.90. The fourth-order valence-electron chi connectivity index (χ4n) is 3.61. The van der Waals surface area contributed by atoms with Crippen molar-refractivity contribution in [2.75, 3.05) is 20.2 Å². The zero-order valence-electron chi connectivity index (χ0n) is 19.0. The molecule has 6 nitrogen and oxygen atoms in total. The maximum atomic E-state index is 13.2. The van der Waals surface area contributed by atoms with Gasteiger partial charge in [-0.2, -0.15) is 13.2 Å². The highest BCUT2D eigenvalue weighted by atomic mass is 19.4. The molecule has 0 bridgehead atoms. The number of nitrogens with one attached hydrogen (secondary N) is 1.